The summed E-state index contributed by atoms with van der Waals surface area (Å²) in [6, 6.07) is 4.86. The van der Waals surface area contributed by atoms with Gasteiger partial charge in [0.2, 0.25) is 0 Å². The van der Waals surface area contributed by atoms with Crippen molar-refractivity contribution < 1.29 is 9.13 Å². The van der Waals surface area contributed by atoms with Crippen LogP contribution in [-0.4, -0.2) is 12.1 Å². The van der Waals surface area contributed by atoms with E-state index in [0.29, 0.717) is 10.2 Å². The summed E-state index contributed by atoms with van der Waals surface area (Å²) in [6.45, 7) is 0. The van der Waals surface area contributed by atoms with Crippen LogP contribution in [0.3, 0.4) is 0 Å². The lowest BCUT2D eigenvalue weighted by Gasteiger charge is -2.17. The molecule has 1 aromatic rings. The summed E-state index contributed by atoms with van der Waals surface area (Å²) in [6.07, 6.45) is 3.07. The first kappa shape index (κ1) is 10.9. The van der Waals surface area contributed by atoms with E-state index in [-0.39, 0.29) is 18.0 Å². The number of nitrogens with two attached hydrogens (primary N) is 1. The van der Waals surface area contributed by atoms with Gasteiger partial charge >= 0.3 is 0 Å². The highest BCUT2D eigenvalue weighted by Gasteiger charge is 2.25. The summed E-state index contributed by atoms with van der Waals surface area (Å²) < 4.78 is 19.3. The van der Waals surface area contributed by atoms with Gasteiger partial charge in [-0.1, -0.05) is 0 Å². The minimum atomic E-state index is -0.306. The molecule has 1 aliphatic rings. The fourth-order valence-electron chi connectivity index (χ4n) is 1.83. The Morgan fingerprint density at radius 2 is 2.20 bits per heavy atom. The quantitative estimate of drug-likeness (QED) is 0.900. The highest BCUT2D eigenvalue weighted by Crippen LogP contribution is 2.26. The largest absolute Gasteiger partial charge is 0.489 e. The molecule has 0 aliphatic heterocycles. The third-order valence-corrected chi connectivity index (χ3v) is 3.33. The molecular weight excluding hydrogens is 261 g/mol. The molecule has 0 aromatic heterocycles. The predicted molar refractivity (Wildman–Crippen MR) is 60.3 cm³/mol. The highest BCUT2D eigenvalue weighted by molar-refractivity contribution is 9.10. The van der Waals surface area contributed by atoms with E-state index in [9.17, 15) is 4.39 Å². The van der Waals surface area contributed by atoms with Crippen molar-refractivity contribution in [3.63, 3.8) is 0 Å². The molecule has 4 heteroatoms. The average molecular weight is 274 g/mol. The lowest BCUT2D eigenvalue weighted by Crippen LogP contribution is -2.33. The first-order valence-corrected chi connectivity index (χ1v) is 5.83. The summed E-state index contributed by atoms with van der Waals surface area (Å²) in [4.78, 5) is 0. The number of hydrogen-bond donors (Lipinski definition) is 1. The Morgan fingerprint density at radius 1 is 1.40 bits per heavy atom. The molecule has 1 aromatic carbocycles. The van der Waals surface area contributed by atoms with Gasteiger partial charge in [0.25, 0.3) is 0 Å². The van der Waals surface area contributed by atoms with Crippen LogP contribution in [0.2, 0.25) is 0 Å². The van der Waals surface area contributed by atoms with Crippen LogP contribution in [0, 0.1) is 5.82 Å². The van der Waals surface area contributed by atoms with Crippen molar-refractivity contribution in [3.05, 3.63) is 28.5 Å². The van der Waals surface area contributed by atoms with Crippen LogP contribution in [0.15, 0.2) is 22.7 Å². The third-order valence-electron chi connectivity index (χ3n) is 2.68. The molecule has 2 nitrogen and oxygen atoms in total. The smallest absolute Gasteiger partial charge is 0.141 e. The molecule has 0 saturated heterocycles. The van der Waals surface area contributed by atoms with Crippen molar-refractivity contribution in [1.29, 1.82) is 0 Å². The molecule has 1 aliphatic carbocycles. The van der Waals surface area contributed by atoms with Crippen LogP contribution in [0.25, 0.3) is 0 Å². The van der Waals surface area contributed by atoms with Crippen LogP contribution in [0.1, 0.15) is 19.3 Å². The minimum Gasteiger partial charge on any atom is -0.489 e. The molecule has 0 unspecified atom stereocenters. The molecule has 0 amide bonds. The zero-order valence-corrected chi connectivity index (χ0v) is 9.84. The van der Waals surface area contributed by atoms with E-state index in [1.165, 1.54) is 6.07 Å². The highest BCUT2D eigenvalue weighted by atomic mass is 79.9. The Hall–Kier alpha value is -0.610. The molecule has 0 bridgehead atoms. The Kier molecular flexibility index (Phi) is 3.26. The molecule has 0 heterocycles. The van der Waals surface area contributed by atoms with Gasteiger partial charge in [0.05, 0.1) is 4.47 Å². The lowest BCUT2D eigenvalue weighted by molar-refractivity contribution is 0.191. The molecule has 2 atom stereocenters. The molecule has 2 N–H and O–H groups in total. The van der Waals surface area contributed by atoms with Crippen molar-refractivity contribution in [2.45, 2.75) is 31.4 Å². The maximum absolute atomic E-state index is 13.2. The first-order valence-electron chi connectivity index (χ1n) is 5.04. The SMILES string of the molecule is N[C@H]1CCC[C@H]1Oc1ccc(Br)c(F)c1. The molecule has 15 heavy (non-hydrogen) atoms. The standard InChI is InChI=1S/C11H13BrFNO/c12-8-5-4-7(6-9(8)13)15-11-3-1-2-10(11)14/h4-6,10-11H,1-3,14H2/t10-,11+/m0/s1. The van der Waals surface area contributed by atoms with E-state index >= 15 is 0 Å². The summed E-state index contributed by atoms with van der Waals surface area (Å²) in [5.74, 6) is 0.247. The van der Waals surface area contributed by atoms with E-state index in [2.05, 4.69) is 15.9 Å². The topological polar surface area (TPSA) is 35.2 Å². The van der Waals surface area contributed by atoms with Crippen molar-refractivity contribution in [2.75, 3.05) is 0 Å². The Labute approximate surface area is 96.7 Å². The van der Waals surface area contributed by atoms with Gasteiger partial charge in [0, 0.05) is 12.1 Å². The van der Waals surface area contributed by atoms with Crippen LogP contribution in [0.4, 0.5) is 4.39 Å². The molecule has 2 rings (SSSR count). The summed E-state index contributed by atoms with van der Waals surface area (Å²) >= 11 is 3.10. The van der Waals surface area contributed by atoms with Crippen molar-refractivity contribution in [3.8, 4) is 5.75 Å². The second-order valence-corrected chi connectivity index (χ2v) is 4.68. The molecule has 1 saturated carbocycles. The zero-order valence-electron chi connectivity index (χ0n) is 8.25. The van der Waals surface area contributed by atoms with E-state index in [4.69, 9.17) is 10.5 Å². The molecule has 1 fully saturated rings. The van der Waals surface area contributed by atoms with Gasteiger partial charge in [-0.15, -0.1) is 0 Å². The maximum Gasteiger partial charge on any atom is 0.141 e. The Morgan fingerprint density at radius 3 is 2.80 bits per heavy atom. The van der Waals surface area contributed by atoms with Gasteiger partial charge in [-0.3, -0.25) is 0 Å². The van der Waals surface area contributed by atoms with Gasteiger partial charge in [-0.25, -0.2) is 4.39 Å². The number of benzene rings is 1. The van der Waals surface area contributed by atoms with Crippen LogP contribution in [0.5, 0.6) is 5.75 Å². The van der Waals surface area contributed by atoms with Crippen molar-refractivity contribution in [1.82, 2.24) is 0 Å². The van der Waals surface area contributed by atoms with Gasteiger partial charge in [0.1, 0.15) is 17.7 Å². The minimum absolute atomic E-state index is 0.0329. The van der Waals surface area contributed by atoms with E-state index in [1.807, 2.05) is 0 Å². The Bertz CT molecular complexity index is 358. The van der Waals surface area contributed by atoms with Gasteiger partial charge in [-0.05, 0) is 47.3 Å². The maximum atomic E-state index is 13.2. The van der Waals surface area contributed by atoms with Gasteiger partial charge < -0.3 is 10.5 Å². The van der Waals surface area contributed by atoms with Crippen LogP contribution in [-0.2, 0) is 0 Å². The molecule has 0 radical (unpaired) electrons. The number of hydrogen-bond acceptors (Lipinski definition) is 2. The van der Waals surface area contributed by atoms with Crippen molar-refractivity contribution >= 4 is 15.9 Å². The monoisotopic (exact) mass is 273 g/mol. The van der Waals surface area contributed by atoms with Gasteiger partial charge in [0.15, 0.2) is 0 Å². The number of ether oxygens (including phenoxy) is 1. The first-order chi connectivity index (χ1) is 7.16. The van der Waals surface area contributed by atoms with Crippen LogP contribution >= 0.6 is 15.9 Å². The van der Waals surface area contributed by atoms with E-state index in [1.54, 1.807) is 12.1 Å². The second kappa shape index (κ2) is 4.49. The third kappa shape index (κ3) is 2.49. The zero-order chi connectivity index (χ0) is 10.8. The van der Waals surface area contributed by atoms with E-state index in [0.717, 1.165) is 19.3 Å². The molecule has 0 spiro atoms. The number of halogens is 2. The second-order valence-electron chi connectivity index (χ2n) is 3.83. The van der Waals surface area contributed by atoms with Crippen molar-refractivity contribution in [2.24, 2.45) is 5.73 Å². The lowest BCUT2D eigenvalue weighted by atomic mass is 10.2. The predicted octanol–water partition coefficient (Wildman–Crippen LogP) is 2.85. The molecule has 82 valence electrons. The summed E-state index contributed by atoms with van der Waals surface area (Å²) in [5.41, 5.74) is 5.87. The molecular formula is C11H13BrFNO. The summed E-state index contributed by atoms with van der Waals surface area (Å²) in [7, 11) is 0. The fourth-order valence-corrected chi connectivity index (χ4v) is 2.07. The fraction of sp³-hybridized carbons (Fsp3) is 0.455. The normalized spacial score (nSPS) is 25.5. The van der Waals surface area contributed by atoms with E-state index < -0.39 is 0 Å². The number of rotatable bonds is 2. The summed E-state index contributed by atoms with van der Waals surface area (Å²) in [5, 5.41) is 0. The van der Waals surface area contributed by atoms with Gasteiger partial charge in [-0.2, -0.15) is 0 Å². The Balaban J connectivity index is 2.07. The average Bonchev–Trinajstić information content (AvgIpc) is 2.59. The van der Waals surface area contributed by atoms with Crippen LogP contribution < -0.4 is 10.5 Å².